The molecule has 1 aliphatic rings. The predicted molar refractivity (Wildman–Crippen MR) is 109 cm³/mol. The van der Waals surface area contributed by atoms with E-state index in [-0.39, 0.29) is 11.2 Å². The summed E-state index contributed by atoms with van der Waals surface area (Å²) in [5.74, 6) is 1.88. The van der Waals surface area contributed by atoms with Crippen molar-refractivity contribution in [2.24, 2.45) is 13.0 Å². The Bertz CT molecular complexity index is 1360. The van der Waals surface area contributed by atoms with Gasteiger partial charge in [-0.3, -0.25) is 18.9 Å². The molecular weight excluding hydrogens is 370 g/mol. The van der Waals surface area contributed by atoms with Gasteiger partial charge in [-0.15, -0.1) is 0 Å². The third kappa shape index (κ3) is 3.00. The number of nitrogens with one attached hydrogen (secondary N) is 1. The molecule has 0 spiro atoms. The van der Waals surface area contributed by atoms with Gasteiger partial charge in [0.15, 0.2) is 5.65 Å². The first kappa shape index (κ1) is 17.7. The maximum absolute atomic E-state index is 12.6. The van der Waals surface area contributed by atoms with Gasteiger partial charge in [-0.1, -0.05) is 0 Å². The molecular formula is C21H21N5O3. The topological polar surface area (TPSA) is 94.8 Å². The van der Waals surface area contributed by atoms with Gasteiger partial charge in [0.25, 0.3) is 5.56 Å². The fraction of sp³-hybridized carbons (Fsp3) is 0.333. The fourth-order valence-corrected chi connectivity index (χ4v) is 3.74. The average molecular weight is 391 g/mol. The summed E-state index contributed by atoms with van der Waals surface area (Å²) < 4.78 is 8.12. The zero-order valence-corrected chi connectivity index (χ0v) is 16.3. The Morgan fingerprint density at radius 3 is 2.83 bits per heavy atom. The third-order valence-corrected chi connectivity index (χ3v) is 5.57. The highest BCUT2D eigenvalue weighted by Gasteiger charge is 2.25. The van der Waals surface area contributed by atoms with Gasteiger partial charge in [0.2, 0.25) is 0 Å². The van der Waals surface area contributed by atoms with Crippen LogP contribution in [0.4, 0.5) is 0 Å². The van der Waals surface area contributed by atoms with Gasteiger partial charge in [-0.05, 0) is 47.9 Å². The minimum absolute atomic E-state index is 0.316. The molecule has 8 nitrogen and oxygen atoms in total. The first-order valence-electron chi connectivity index (χ1n) is 9.64. The summed E-state index contributed by atoms with van der Waals surface area (Å²) in [7, 11) is 3.14. The third-order valence-electron chi connectivity index (χ3n) is 5.57. The second-order valence-corrected chi connectivity index (χ2v) is 7.65. The molecule has 0 aliphatic heterocycles. The number of aromatic amines is 1. The molecule has 1 N–H and O–H groups in total. The average Bonchev–Trinajstić information content (AvgIpc) is 3.47. The number of methoxy groups -OCH3 is 1. The molecule has 1 aliphatic carbocycles. The summed E-state index contributed by atoms with van der Waals surface area (Å²) in [5, 5.41) is 2.02. The van der Waals surface area contributed by atoms with Gasteiger partial charge in [0.1, 0.15) is 17.1 Å². The van der Waals surface area contributed by atoms with E-state index in [0.717, 1.165) is 39.5 Å². The van der Waals surface area contributed by atoms with Crippen LogP contribution in [0.1, 0.15) is 24.2 Å². The fourth-order valence-electron chi connectivity index (χ4n) is 3.74. The molecule has 29 heavy (non-hydrogen) atoms. The number of imidazole rings is 1. The second kappa shape index (κ2) is 6.58. The van der Waals surface area contributed by atoms with Crippen molar-refractivity contribution in [2.45, 2.75) is 25.8 Å². The first-order chi connectivity index (χ1) is 14.0. The number of benzene rings is 1. The minimum Gasteiger partial charge on any atom is -0.497 e. The number of aromatic nitrogens is 5. The SMILES string of the molecule is COc1ccc2cncc(Cc3nc4c([nH]3)c(=O)n(C)c(=O)n4CC3CC3)c2c1. The van der Waals surface area contributed by atoms with Crippen molar-refractivity contribution in [3.63, 3.8) is 0 Å². The Labute approximate surface area is 165 Å². The van der Waals surface area contributed by atoms with Crippen LogP contribution in [0.2, 0.25) is 0 Å². The molecule has 1 fully saturated rings. The molecule has 0 amide bonds. The van der Waals surface area contributed by atoms with Crippen LogP contribution < -0.4 is 16.0 Å². The van der Waals surface area contributed by atoms with Gasteiger partial charge < -0.3 is 9.72 Å². The van der Waals surface area contributed by atoms with Crippen molar-refractivity contribution in [1.82, 2.24) is 24.1 Å². The molecule has 3 aromatic heterocycles. The summed E-state index contributed by atoms with van der Waals surface area (Å²) in [6, 6.07) is 5.83. The number of H-pyrrole nitrogens is 1. The van der Waals surface area contributed by atoms with Gasteiger partial charge in [-0.2, -0.15) is 0 Å². The Hall–Kier alpha value is -3.42. The van der Waals surface area contributed by atoms with E-state index in [9.17, 15) is 9.59 Å². The van der Waals surface area contributed by atoms with Crippen LogP contribution in [-0.2, 0) is 20.0 Å². The monoisotopic (exact) mass is 391 g/mol. The highest BCUT2D eigenvalue weighted by atomic mass is 16.5. The van der Waals surface area contributed by atoms with Crippen LogP contribution in [0, 0.1) is 5.92 Å². The molecule has 0 saturated heterocycles. The van der Waals surface area contributed by atoms with Crippen molar-refractivity contribution >= 4 is 21.9 Å². The number of hydrogen-bond donors (Lipinski definition) is 1. The molecule has 3 heterocycles. The lowest BCUT2D eigenvalue weighted by molar-refractivity contribution is 0.415. The lowest BCUT2D eigenvalue weighted by Gasteiger charge is -2.07. The highest BCUT2D eigenvalue weighted by molar-refractivity contribution is 5.86. The predicted octanol–water partition coefficient (Wildman–Crippen LogP) is 1.98. The van der Waals surface area contributed by atoms with E-state index < -0.39 is 0 Å². The van der Waals surface area contributed by atoms with Crippen molar-refractivity contribution in [3.05, 3.63) is 62.8 Å². The molecule has 8 heteroatoms. The van der Waals surface area contributed by atoms with Crippen LogP contribution in [0.15, 0.2) is 40.2 Å². The van der Waals surface area contributed by atoms with Gasteiger partial charge in [0.05, 0.1) is 7.11 Å². The number of hydrogen-bond acceptors (Lipinski definition) is 5. The maximum atomic E-state index is 12.6. The second-order valence-electron chi connectivity index (χ2n) is 7.65. The van der Waals surface area contributed by atoms with Crippen LogP contribution in [-0.4, -0.2) is 31.2 Å². The number of rotatable bonds is 5. The smallest absolute Gasteiger partial charge is 0.332 e. The van der Waals surface area contributed by atoms with Crippen LogP contribution in [0.25, 0.3) is 21.9 Å². The lowest BCUT2D eigenvalue weighted by atomic mass is 10.0. The van der Waals surface area contributed by atoms with E-state index in [1.807, 2.05) is 18.2 Å². The Kier molecular flexibility index (Phi) is 4.01. The van der Waals surface area contributed by atoms with E-state index in [2.05, 4.69) is 15.0 Å². The molecule has 1 aromatic carbocycles. The molecule has 0 bridgehead atoms. The molecule has 148 valence electrons. The lowest BCUT2D eigenvalue weighted by Crippen LogP contribution is -2.38. The Morgan fingerprint density at radius 2 is 2.07 bits per heavy atom. The Morgan fingerprint density at radius 1 is 1.24 bits per heavy atom. The van der Waals surface area contributed by atoms with Crippen LogP contribution >= 0.6 is 0 Å². The van der Waals surface area contributed by atoms with Crippen molar-refractivity contribution in [3.8, 4) is 5.75 Å². The highest BCUT2D eigenvalue weighted by Crippen LogP contribution is 2.30. The first-order valence-corrected chi connectivity index (χ1v) is 9.64. The van der Waals surface area contributed by atoms with E-state index >= 15 is 0 Å². The molecule has 1 saturated carbocycles. The summed E-state index contributed by atoms with van der Waals surface area (Å²) in [4.78, 5) is 37.3. The zero-order chi connectivity index (χ0) is 20.1. The largest absolute Gasteiger partial charge is 0.497 e. The van der Waals surface area contributed by atoms with Crippen molar-refractivity contribution in [2.75, 3.05) is 7.11 Å². The molecule has 4 aromatic rings. The number of nitrogens with zero attached hydrogens (tertiary/aromatic N) is 4. The Balaban J connectivity index is 1.63. The van der Waals surface area contributed by atoms with Crippen LogP contribution in [0.5, 0.6) is 5.75 Å². The molecule has 0 unspecified atom stereocenters. The van der Waals surface area contributed by atoms with E-state index in [1.165, 1.54) is 7.05 Å². The van der Waals surface area contributed by atoms with Gasteiger partial charge in [-0.25, -0.2) is 9.78 Å². The minimum atomic E-state index is -0.353. The number of fused-ring (bicyclic) bond motifs is 2. The number of ether oxygens (including phenoxy) is 1. The summed E-state index contributed by atoms with van der Waals surface area (Å²) in [6.07, 6.45) is 6.28. The summed E-state index contributed by atoms with van der Waals surface area (Å²) >= 11 is 0. The zero-order valence-electron chi connectivity index (χ0n) is 16.3. The number of pyridine rings is 1. The van der Waals surface area contributed by atoms with E-state index in [1.54, 1.807) is 24.1 Å². The van der Waals surface area contributed by atoms with Gasteiger partial charge in [0, 0.05) is 37.8 Å². The van der Waals surface area contributed by atoms with Crippen molar-refractivity contribution < 1.29 is 4.74 Å². The molecule has 5 rings (SSSR count). The molecule has 0 radical (unpaired) electrons. The standard InChI is InChI=1S/C21H21N5O3/c1-25-20(27)18-19(26(21(25)28)11-12-3-4-12)24-17(23-18)7-14-10-22-9-13-5-6-15(29-2)8-16(13)14/h5-6,8-10,12H,3-4,7,11H2,1-2H3,(H,23,24). The quantitative estimate of drug-likeness (QED) is 0.561. The van der Waals surface area contributed by atoms with E-state index in [0.29, 0.717) is 35.9 Å². The van der Waals surface area contributed by atoms with Crippen LogP contribution in [0.3, 0.4) is 0 Å². The molecule has 0 atom stereocenters. The van der Waals surface area contributed by atoms with Gasteiger partial charge >= 0.3 is 5.69 Å². The maximum Gasteiger partial charge on any atom is 0.332 e. The summed E-state index contributed by atoms with van der Waals surface area (Å²) in [6.45, 7) is 0.598. The normalized spacial score (nSPS) is 14.0. The van der Waals surface area contributed by atoms with E-state index in [4.69, 9.17) is 4.74 Å². The summed E-state index contributed by atoms with van der Waals surface area (Å²) in [5.41, 5.74) is 1.10. The van der Waals surface area contributed by atoms with Crippen molar-refractivity contribution in [1.29, 1.82) is 0 Å².